The maximum absolute atomic E-state index is 13.5. The molecule has 28 heavy (non-hydrogen) atoms. The van der Waals surface area contributed by atoms with Crippen LogP contribution in [0.25, 0.3) is 6.08 Å². The first-order chi connectivity index (χ1) is 13.5. The van der Waals surface area contributed by atoms with E-state index in [9.17, 15) is 14.9 Å². The Morgan fingerprint density at radius 3 is 2.46 bits per heavy atom. The summed E-state index contributed by atoms with van der Waals surface area (Å²) >= 11 is 0. The average molecular weight is 369 g/mol. The van der Waals surface area contributed by atoms with Crippen LogP contribution in [-0.2, 0) is 9.59 Å². The van der Waals surface area contributed by atoms with Crippen LogP contribution in [0.5, 0.6) is 0 Å². The molecule has 0 aromatic heterocycles. The minimum atomic E-state index is -0.653. The van der Waals surface area contributed by atoms with E-state index in [2.05, 4.69) is 6.07 Å². The summed E-state index contributed by atoms with van der Waals surface area (Å²) in [6, 6.07) is 14.8. The Morgan fingerprint density at radius 2 is 1.71 bits per heavy atom. The monoisotopic (exact) mass is 369 g/mol. The number of aryl methyl sites for hydroxylation is 2. The second kappa shape index (κ2) is 5.80. The van der Waals surface area contributed by atoms with Crippen molar-refractivity contribution in [1.82, 2.24) is 4.90 Å². The van der Waals surface area contributed by atoms with Crippen LogP contribution in [0.2, 0.25) is 0 Å². The molecule has 2 amide bonds. The molecule has 0 aliphatic carbocycles. The standard InChI is InChI=1S/C23H19N3O2/c1-13-7-8-16(11-14(13)2)26-22(27)19-18(12-24)25-10-9-15-5-3-4-6-17(15)21(25)20(19)23(26)28/h3-11,18-21H,1-2H3/t18-,19-,20-,21+/m0/s1. The lowest BCUT2D eigenvalue weighted by Crippen LogP contribution is -2.40. The summed E-state index contributed by atoms with van der Waals surface area (Å²) < 4.78 is 0. The maximum Gasteiger partial charge on any atom is 0.240 e. The summed E-state index contributed by atoms with van der Waals surface area (Å²) in [5.41, 5.74) is 4.76. The second-order valence-corrected chi connectivity index (χ2v) is 7.74. The van der Waals surface area contributed by atoms with E-state index >= 15 is 0 Å². The van der Waals surface area contributed by atoms with Crippen LogP contribution < -0.4 is 4.90 Å². The maximum atomic E-state index is 13.5. The van der Waals surface area contributed by atoms with E-state index in [0.29, 0.717) is 5.69 Å². The highest BCUT2D eigenvalue weighted by molar-refractivity contribution is 6.23. The molecule has 0 bridgehead atoms. The van der Waals surface area contributed by atoms with E-state index in [1.807, 2.05) is 73.5 Å². The third-order valence-electron chi connectivity index (χ3n) is 6.34. The Balaban J connectivity index is 1.63. The lowest BCUT2D eigenvalue weighted by atomic mass is 9.85. The van der Waals surface area contributed by atoms with E-state index in [4.69, 9.17) is 0 Å². The zero-order valence-corrected chi connectivity index (χ0v) is 15.7. The molecule has 3 aliphatic rings. The van der Waals surface area contributed by atoms with Gasteiger partial charge in [0.05, 0.1) is 29.6 Å². The van der Waals surface area contributed by atoms with Crippen molar-refractivity contribution in [3.05, 3.63) is 70.9 Å². The van der Waals surface area contributed by atoms with E-state index < -0.39 is 17.9 Å². The van der Waals surface area contributed by atoms with Crippen molar-refractivity contribution in [2.45, 2.75) is 25.9 Å². The minimum absolute atomic E-state index is 0.212. The van der Waals surface area contributed by atoms with Crippen LogP contribution in [-0.4, -0.2) is 22.8 Å². The molecule has 0 unspecified atom stereocenters. The molecule has 0 radical (unpaired) electrons. The van der Waals surface area contributed by atoms with E-state index in [0.717, 1.165) is 22.3 Å². The number of amides is 2. The molecule has 3 aliphatic heterocycles. The van der Waals surface area contributed by atoms with Crippen molar-refractivity contribution in [2.24, 2.45) is 11.8 Å². The zero-order valence-electron chi connectivity index (χ0n) is 15.7. The fourth-order valence-electron chi connectivity index (χ4n) is 4.82. The van der Waals surface area contributed by atoms with Gasteiger partial charge in [0.15, 0.2) is 0 Å². The van der Waals surface area contributed by atoms with Gasteiger partial charge in [0.1, 0.15) is 6.04 Å². The highest BCUT2D eigenvalue weighted by Crippen LogP contribution is 2.52. The minimum Gasteiger partial charge on any atom is -0.353 e. The van der Waals surface area contributed by atoms with E-state index in [1.165, 1.54) is 4.90 Å². The van der Waals surface area contributed by atoms with Gasteiger partial charge in [-0.05, 0) is 54.3 Å². The SMILES string of the molecule is Cc1ccc(N2C(=O)[C@@H]3[C@H](C2=O)[C@H]2c4ccccc4C=CN2[C@H]3C#N)cc1C. The van der Waals surface area contributed by atoms with Gasteiger partial charge in [-0.3, -0.25) is 9.59 Å². The number of carbonyl (C=O) groups is 2. The van der Waals surface area contributed by atoms with Crippen molar-refractivity contribution in [3.63, 3.8) is 0 Å². The summed E-state index contributed by atoms with van der Waals surface area (Å²) in [7, 11) is 0. The van der Waals surface area contributed by atoms with Crippen molar-refractivity contribution in [2.75, 3.05) is 4.90 Å². The molecule has 2 fully saturated rings. The number of hydrogen-bond donors (Lipinski definition) is 0. The zero-order chi connectivity index (χ0) is 19.6. The number of benzene rings is 2. The molecule has 138 valence electrons. The first-order valence-corrected chi connectivity index (χ1v) is 9.42. The van der Waals surface area contributed by atoms with Crippen LogP contribution in [0.1, 0.15) is 28.3 Å². The molecule has 5 nitrogen and oxygen atoms in total. The lowest BCUT2D eigenvalue weighted by molar-refractivity contribution is -0.123. The second-order valence-electron chi connectivity index (χ2n) is 7.74. The quantitative estimate of drug-likeness (QED) is 0.723. The van der Waals surface area contributed by atoms with Gasteiger partial charge in [-0.25, -0.2) is 4.90 Å². The molecule has 0 spiro atoms. The normalized spacial score (nSPS) is 27.5. The average Bonchev–Trinajstić information content (AvgIpc) is 3.17. The number of fused-ring (bicyclic) bond motifs is 5. The molecule has 5 heteroatoms. The Kier molecular flexibility index (Phi) is 3.47. The van der Waals surface area contributed by atoms with Crippen molar-refractivity contribution in [1.29, 1.82) is 5.26 Å². The summed E-state index contributed by atoms with van der Waals surface area (Å²) in [6.07, 6.45) is 3.81. The molecule has 4 atom stereocenters. The number of anilines is 1. The Hall–Kier alpha value is -3.39. The van der Waals surface area contributed by atoms with Gasteiger partial charge in [-0.2, -0.15) is 5.26 Å². The van der Waals surface area contributed by atoms with Crippen LogP contribution >= 0.6 is 0 Å². The number of hydrogen-bond acceptors (Lipinski definition) is 4. The summed E-state index contributed by atoms with van der Waals surface area (Å²) in [5, 5.41) is 9.83. The van der Waals surface area contributed by atoms with E-state index in [1.54, 1.807) is 0 Å². The predicted octanol–water partition coefficient (Wildman–Crippen LogP) is 3.34. The summed E-state index contributed by atoms with van der Waals surface area (Å²) in [4.78, 5) is 30.0. The molecule has 3 heterocycles. The largest absolute Gasteiger partial charge is 0.353 e. The predicted molar refractivity (Wildman–Crippen MR) is 105 cm³/mol. The Bertz CT molecular complexity index is 1100. The third kappa shape index (κ3) is 2.06. The number of nitriles is 1. The van der Waals surface area contributed by atoms with Gasteiger partial charge in [0.25, 0.3) is 0 Å². The van der Waals surface area contributed by atoms with Gasteiger partial charge < -0.3 is 4.90 Å². The molecule has 2 saturated heterocycles. The Labute approximate surface area is 163 Å². The van der Waals surface area contributed by atoms with Crippen molar-refractivity contribution < 1.29 is 9.59 Å². The lowest BCUT2D eigenvalue weighted by Gasteiger charge is -2.33. The molecular weight excluding hydrogens is 350 g/mol. The first kappa shape index (κ1) is 16.8. The van der Waals surface area contributed by atoms with Crippen LogP contribution in [0.15, 0.2) is 48.7 Å². The fraction of sp³-hybridized carbons (Fsp3) is 0.261. The number of nitrogens with zero attached hydrogens (tertiary/aromatic N) is 3. The molecular formula is C23H19N3O2. The van der Waals surface area contributed by atoms with Crippen molar-refractivity contribution in [3.8, 4) is 6.07 Å². The van der Waals surface area contributed by atoms with Gasteiger partial charge in [-0.1, -0.05) is 30.3 Å². The van der Waals surface area contributed by atoms with Gasteiger partial charge in [0, 0.05) is 6.20 Å². The smallest absolute Gasteiger partial charge is 0.240 e. The van der Waals surface area contributed by atoms with Crippen molar-refractivity contribution >= 4 is 23.6 Å². The van der Waals surface area contributed by atoms with Gasteiger partial charge in [0.2, 0.25) is 11.8 Å². The van der Waals surface area contributed by atoms with Crippen LogP contribution in [0, 0.1) is 37.0 Å². The Morgan fingerprint density at radius 1 is 0.964 bits per heavy atom. The number of imide groups is 1. The fourth-order valence-corrected chi connectivity index (χ4v) is 4.82. The number of carbonyl (C=O) groups excluding carboxylic acids is 2. The first-order valence-electron chi connectivity index (χ1n) is 9.42. The third-order valence-corrected chi connectivity index (χ3v) is 6.34. The van der Waals surface area contributed by atoms with Gasteiger partial charge in [-0.15, -0.1) is 0 Å². The highest BCUT2D eigenvalue weighted by atomic mass is 16.2. The highest BCUT2D eigenvalue weighted by Gasteiger charge is 2.63. The number of rotatable bonds is 1. The van der Waals surface area contributed by atoms with Crippen LogP contribution in [0.3, 0.4) is 0 Å². The molecule has 5 rings (SSSR count). The van der Waals surface area contributed by atoms with Crippen LogP contribution in [0.4, 0.5) is 5.69 Å². The molecule has 2 aromatic rings. The topological polar surface area (TPSA) is 64.4 Å². The molecule has 2 aromatic carbocycles. The van der Waals surface area contributed by atoms with E-state index in [-0.39, 0.29) is 17.9 Å². The summed E-state index contributed by atoms with van der Waals surface area (Å²) in [6.45, 7) is 3.96. The summed E-state index contributed by atoms with van der Waals surface area (Å²) in [5.74, 6) is -1.69. The molecule has 0 saturated carbocycles. The molecule has 0 N–H and O–H groups in total. The van der Waals surface area contributed by atoms with Gasteiger partial charge >= 0.3 is 0 Å².